The number of nitrogens with one attached hydrogen (secondary N) is 2. The van der Waals surface area contributed by atoms with Gasteiger partial charge in [0.05, 0.1) is 12.6 Å². The second-order valence-corrected chi connectivity index (χ2v) is 3.32. The van der Waals surface area contributed by atoms with Gasteiger partial charge in [-0.15, -0.1) is 6.42 Å². The monoisotopic (exact) mass is 196 g/mol. The van der Waals surface area contributed by atoms with Crippen LogP contribution in [0.3, 0.4) is 0 Å². The van der Waals surface area contributed by atoms with E-state index < -0.39 is 0 Å². The zero-order valence-electron chi connectivity index (χ0n) is 9.26. The Morgan fingerprint density at radius 2 is 2.00 bits per heavy atom. The lowest BCUT2D eigenvalue weighted by atomic mass is 10.1. The Morgan fingerprint density at radius 1 is 1.43 bits per heavy atom. The van der Waals surface area contributed by atoms with Crippen LogP contribution in [0.5, 0.6) is 0 Å². The smallest absolute Gasteiger partial charge is 0.237 e. The van der Waals surface area contributed by atoms with Gasteiger partial charge in [0, 0.05) is 6.04 Å². The molecule has 0 saturated heterocycles. The molecular weight excluding hydrogens is 176 g/mol. The first-order valence-corrected chi connectivity index (χ1v) is 5.12. The summed E-state index contributed by atoms with van der Waals surface area (Å²) >= 11 is 0. The first kappa shape index (κ1) is 13.0. The summed E-state index contributed by atoms with van der Waals surface area (Å²) in [5.41, 5.74) is 0. The fourth-order valence-corrected chi connectivity index (χ4v) is 1.24. The molecule has 0 rings (SSSR count). The number of rotatable bonds is 6. The Bertz CT molecular complexity index is 204. The summed E-state index contributed by atoms with van der Waals surface area (Å²) in [7, 11) is 0. The maximum atomic E-state index is 11.4. The molecule has 0 aliphatic rings. The van der Waals surface area contributed by atoms with Crippen LogP contribution in [0, 0.1) is 12.3 Å². The molecule has 0 aromatic carbocycles. The molecule has 0 aromatic rings. The molecule has 3 nitrogen and oxygen atoms in total. The van der Waals surface area contributed by atoms with Crippen molar-refractivity contribution in [3.8, 4) is 12.3 Å². The Balaban J connectivity index is 3.88. The molecule has 0 aromatic heterocycles. The minimum Gasteiger partial charge on any atom is -0.344 e. The second kappa shape index (κ2) is 7.40. The van der Waals surface area contributed by atoms with E-state index in [-0.39, 0.29) is 11.9 Å². The van der Waals surface area contributed by atoms with Crippen LogP contribution in [0.15, 0.2) is 0 Å². The van der Waals surface area contributed by atoms with Crippen molar-refractivity contribution in [2.45, 2.75) is 45.7 Å². The SMILES string of the molecule is C#CCNC(=O)C(C)NC(CC)CC. The molecule has 0 radical (unpaired) electrons. The third-order valence-electron chi connectivity index (χ3n) is 2.23. The van der Waals surface area contributed by atoms with Crippen LogP contribution < -0.4 is 10.6 Å². The predicted molar refractivity (Wildman–Crippen MR) is 58.8 cm³/mol. The van der Waals surface area contributed by atoms with Crippen LogP contribution in [0.1, 0.15) is 33.6 Å². The molecular formula is C11H20N2O. The lowest BCUT2D eigenvalue weighted by Crippen LogP contribution is -2.46. The van der Waals surface area contributed by atoms with E-state index in [0.717, 1.165) is 12.8 Å². The molecule has 0 bridgehead atoms. The quantitative estimate of drug-likeness (QED) is 0.620. The largest absolute Gasteiger partial charge is 0.344 e. The predicted octanol–water partition coefficient (Wildman–Crippen LogP) is 0.902. The maximum Gasteiger partial charge on any atom is 0.237 e. The highest BCUT2D eigenvalue weighted by molar-refractivity contribution is 5.81. The van der Waals surface area contributed by atoms with Gasteiger partial charge < -0.3 is 10.6 Å². The molecule has 0 aliphatic carbocycles. The standard InChI is InChI=1S/C11H20N2O/c1-5-8-12-11(14)9(4)13-10(6-2)7-3/h1,9-10,13H,6-8H2,2-4H3,(H,12,14). The van der Waals surface area contributed by atoms with E-state index in [4.69, 9.17) is 6.42 Å². The van der Waals surface area contributed by atoms with Gasteiger partial charge in [-0.25, -0.2) is 0 Å². The average Bonchev–Trinajstić information content (AvgIpc) is 2.21. The molecule has 0 saturated carbocycles. The maximum absolute atomic E-state index is 11.4. The molecule has 2 N–H and O–H groups in total. The van der Waals surface area contributed by atoms with Crippen LogP contribution in [0.25, 0.3) is 0 Å². The van der Waals surface area contributed by atoms with Crippen LogP contribution >= 0.6 is 0 Å². The number of hydrogen-bond donors (Lipinski definition) is 2. The summed E-state index contributed by atoms with van der Waals surface area (Å²) in [6, 6.07) is 0.231. The Kier molecular flexibility index (Phi) is 6.87. The number of hydrogen-bond acceptors (Lipinski definition) is 2. The van der Waals surface area contributed by atoms with Crippen molar-refractivity contribution >= 4 is 5.91 Å². The fraction of sp³-hybridized carbons (Fsp3) is 0.727. The Morgan fingerprint density at radius 3 is 2.43 bits per heavy atom. The normalized spacial score (nSPS) is 12.2. The highest BCUT2D eigenvalue weighted by Gasteiger charge is 2.14. The number of terminal acetylenes is 1. The molecule has 0 fully saturated rings. The van der Waals surface area contributed by atoms with Gasteiger partial charge in [-0.1, -0.05) is 19.8 Å². The van der Waals surface area contributed by atoms with Crippen LogP contribution in [0.2, 0.25) is 0 Å². The van der Waals surface area contributed by atoms with Gasteiger partial charge >= 0.3 is 0 Å². The molecule has 3 heteroatoms. The van der Waals surface area contributed by atoms with Gasteiger partial charge in [-0.3, -0.25) is 4.79 Å². The molecule has 0 aliphatic heterocycles. The molecule has 1 unspecified atom stereocenters. The summed E-state index contributed by atoms with van der Waals surface area (Å²) in [5, 5.41) is 5.89. The number of amides is 1. The third kappa shape index (κ3) is 4.88. The van der Waals surface area contributed by atoms with Crippen molar-refractivity contribution in [2.24, 2.45) is 0 Å². The van der Waals surface area contributed by atoms with Crippen LogP contribution in [-0.2, 0) is 4.79 Å². The van der Waals surface area contributed by atoms with Gasteiger partial charge in [0.1, 0.15) is 0 Å². The van der Waals surface area contributed by atoms with E-state index in [0.29, 0.717) is 12.6 Å². The van der Waals surface area contributed by atoms with Gasteiger partial charge in [0.2, 0.25) is 5.91 Å². The topological polar surface area (TPSA) is 41.1 Å². The lowest BCUT2D eigenvalue weighted by molar-refractivity contribution is -0.122. The zero-order chi connectivity index (χ0) is 11.0. The first-order chi connectivity index (χ1) is 6.65. The molecule has 80 valence electrons. The molecule has 0 spiro atoms. The highest BCUT2D eigenvalue weighted by atomic mass is 16.2. The minimum atomic E-state index is -0.173. The zero-order valence-corrected chi connectivity index (χ0v) is 9.26. The second-order valence-electron chi connectivity index (χ2n) is 3.32. The van der Waals surface area contributed by atoms with Crippen LogP contribution in [-0.4, -0.2) is 24.5 Å². The number of carbonyl (C=O) groups is 1. The summed E-state index contributed by atoms with van der Waals surface area (Å²) in [5.74, 6) is 2.34. The summed E-state index contributed by atoms with van der Waals surface area (Å²) in [4.78, 5) is 11.4. The fourth-order valence-electron chi connectivity index (χ4n) is 1.24. The first-order valence-electron chi connectivity index (χ1n) is 5.12. The van der Waals surface area contributed by atoms with E-state index in [1.54, 1.807) is 0 Å². The summed E-state index contributed by atoms with van der Waals surface area (Å²) in [6.45, 7) is 6.36. The van der Waals surface area contributed by atoms with Gasteiger partial charge in [-0.05, 0) is 19.8 Å². The van der Waals surface area contributed by atoms with Crippen molar-refractivity contribution in [3.05, 3.63) is 0 Å². The van der Waals surface area contributed by atoms with E-state index >= 15 is 0 Å². The Labute approximate surface area is 86.6 Å². The van der Waals surface area contributed by atoms with Crippen molar-refractivity contribution in [2.75, 3.05) is 6.54 Å². The van der Waals surface area contributed by atoms with Crippen molar-refractivity contribution in [1.29, 1.82) is 0 Å². The minimum absolute atomic E-state index is 0.0325. The van der Waals surface area contributed by atoms with Gasteiger partial charge in [-0.2, -0.15) is 0 Å². The van der Waals surface area contributed by atoms with E-state index in [1.807, 2.05) is 6.92 Å². The summed E-state index contributed by atoms with van der Waals surface area (Å²) in [6.07, 6.45) is 7.11. The third-order valence-corrected chi connectivity index (χ3v) is 2.23. The highest BCUT2D eigenvalue weighted by Crippen LogP contribution is 1.98. The lowest BCUT2D eigenvalue weighted by Gasteiger charge is -2.19. The van der Waals surface area contributed by atoms with Crippen molar-refractivity contribution < 1.29 is 4.79 Å². The van der Waals surface area contributed by atoms with Gasteiger partial charge in [0.25, 0.3) is 0 Å². The Hall–Kier alpha value is -1.01. The summed E-state index contributed by atoms with van der Waals surface area (Å²) < 4.78 is 0. The molecule has 14 heavy (non-hydrogen) atoms. The molecule has 1 amide bonds. The van der Waals surface area contributed by atoms with E-state index in [2.05, 4.69) is 30.4 Å². The molecule has 1 atom stereocenters. The van der Waals surface area contributed by atoms with Gasteiger partial charge in [0.15, 0.2) is 0 Å². The van der Waals surface area contributed by atoms with Crippen molar-refractivity contribution in [1.82, 2.24) is 10.6 Å². The van der Waals surface area contributed by atoms with E-state index in [1.165, 1.54) is 0 Å². The average molecular weight is 196 g/mol. The van der Waals surface area contributed by atoms with Crippen LogP contribution in [0.4, 0.5) is 0 Å². The van der Waals surface area contributed by atoms with Crippen molar-refractivity contribution in [3.63, 3.8) is 0 Å². The van der Waals surface area contributed by atoms with E-state index in [9.17, 15) is 4.79 Å². The molecule has 0 heterocycles. The number of carbonyl (C=O) groups excluding carboxylic acids is 1.